The number of aromatic nitrogens is 2. The van der Waals surface area contributed by atoms with Crippen LogP contribution in [0.4, 0.5) is 0 Å². The molecule has 2 N–H and O–H groups in total. The third kappa shape index (κ3) is 2.42. The van der Waals surface area contributed by atoms with E-state index in [-0.39, 0.29) is 11.8 Å². The number of hydrogen-bond acceptors (Lipinski definition) is 3. The number of likely N-dealkylation sites (tertiary alicyclic amines) is 1. The van der Waals surface area contributed by atoms with Crippen LogP contribution in [0.5, 0.6) is 0 Å². The number of fused-ring (bicyclic) bond motifs is 2. The van der Waals surface area contributed by atoms with Gasteiger partial charge in [-0.3, -0.25) is 9.89 Å². The van der Waals surface area contributed by atoms with Crippen LogP contribution in [0.25, 0.3) is 10.9 Å². The first-order chi connectivity index (χ1) is 12.5. The molecule has 3 aliphatic rings. The number of carbonyl (C=O) groups excluding carboxylic acids is 1. The van der Waals surface area contributed by atoms with E-state index in [2.05, 4.69) is 10.2 Å². The van der Waals surface area contributed by atoms with Crippen molar-refractivity contribution in [2.75, 3.05) is 13.1 Å². The average molecular weight is 370 g/mol. The van der Waals surface area contributed by atoms with Gasteiger partial charge in [-0.15, -0.1) is 0 Å². The van der Waals surface area contributed by atoms with Crippen molar-refractivity contribution in [1.29, 1.82) is 0 Å². The molecule has 26 heavy (non-hydrogen) atoms. The highest BCUT2D eigenvalue weighted by Gasteiger charge is 2.40. The SMILES string of the molecule is O=C(C1CCCC1)N1CC2=CC(O)(c3cc(Cl)cc4[nH]ncc34)C=C2C1. The summed E-state index contributed by atoms with van der Waals surface area (Å²) in [5.41, 5.74) is 2.38. The van der Waals surface area contributed by atoms with Gasteiger partial charge in [-0.05, 0) is 48.3 Å². The highest BCUT2D eigenvalue weighted by Crippen LogP contribution is 2.42. The van der Waals surface area contributed by atoms with Crippen molar-refractivity contribution >= 4 is 28.4 Å². The van der Waals surface area contributed by atoms with E-state index in [4.69, 9.17) is 11.6 Å². The summed E-state index contributed by atoms with van der Waals surface area (Å²) in [5.74, 6) is 0.453. The molecule has 1 aliphatic heterocycles. The zero-order valence-corrected chi connectivity index (χ0v) is 15.1. The third-order valence-electron chi connectivity index (χ3n) is 5.89. The number of rotatable bonds is 2. The van der Waals surface area contributed by atoms with Crippen LogP contribution in [0.3, 0.4) is 0 Å². The summed E-state index contributed by atoms with van der Waals surface area (Å²) in [6.07, 6.45) is 9.77. The molecule has 5 nitrogen and oxygen atoms in total. The summed E-state index contributed by atoms with van der Waals surface area (Å²) in [6, 6.07) is 3.59. The van der Waals surface area contributed by atoms with E-state index < -0.39 is 5.60 Å². The van der Waals surface area contributed by atoms with Gasteiger partial charge in [0.25, 0.3) is 0 Å². The number of aromatic amines is 1. The van der Waals surface area contributed by atoms with E-state index in [9.17, 15) is 9.90 Å². The van der Waals surface area contributed by atoms with Crippen molar-refractivity contribution in [2.45, 2.75) is 31.3 Å². The molecule has 0 unspecified atom stereocenters. The van der Waals surface area contributed by atoms with Gasteiger partial charge in [-0.1, -0.05) is 24.4 Å². The predicted molar refractivity (Wildman–Crippen MR) is 99.7 cm³/mol. The second kappa shape index (κ2) is 5.69. The van der Waals surface area contributed by atoms with Crippen molar-refractivity contribution in [2.24, 2.45) is 5.92 Å². The lowest BCUT2D eigenvalue weighted by molar-refractivity contribution is -0.133. The fourth-order valence-electron chi connectivity index (χ4n) is 4.61. The number of aliphatic hydroxyl groups is 1. The van der Waals surface area contributed by atoms with Gasteiger partial charge in [0.1, 0.15) is 5.60 Å². The minimum absolute atomic E-state index is 0.187. The Bertz CT molecular complexity index is 947. The Morgan fingerprint density at radius 2 is 1.92 bits per heavy atom. The second-order valence-electron chi connectivity index (χ2n) is 7.62. The van der Waals surface area contributed by atoms with Crippen LogP contribution in [0.1, 0.15) is 31.2 Å². The van der Waals surface area contributed by atoms with Gasteiger partial charge in [0.15, 0.2) is 0 Å². The smallest absolute Gasteiger partial charge is 0.226 e. The number of hydrogen-bond donors (Lipinski definition) is 2. The van der Waals surface area contributed by atoms with Gasteiger partial charge in [0, 0.05) is 35.0 Å². The summed E-state index contributed by atoms with van der Waals surface area (Å²) in [6.45, 7) is 1.16. The summed E-state index contributed by atoms with van der Waals surface area (Å²) in [4.78, 5) is 14.6. The highest BCUT2D eigenvalue weighted by molar-refractivity contribution is 6.31. The molecule has 0 bridgehead atoms. The number of nitrogens with zero attached hydrogens (tertiary/aromatic N) is 2. The molecule has 2 aromatic rings. The monoisotopic (exact) mass is 369 g/mol. The maximum atomic E-state index is 12.7. The maximum absolute atomic E-state index is 12.7. The van der Waals surface area contributed by atoms with Crippen molar-refractivity contribution in [3.05, 3.63) is 52.2 Å². The Balaban J connectivity index is 1.46. The minimum Gasteiger partial charge on any atom is -0.377 e. The van der Waals surface area contributed by atoms with E-state index in [1.165, 1.54) is 0 Å². The van der Waals surface area contributed by atoms with Crippen LogP contribution in [0.2, 0.25) is 5.02 Å². The molecule has 1 aromatic carbocycles. The third-order valence-corrected chi connectivity index (χ3v) is 6.11. The maximum Gasteiger partial charge on any atom is 0.226 e. The van der Waals surface area contributed by atoms with Crippen molar-refractivity contribution < 1.29 is 9.90 Å². The fourth-order valence-corrected chi connectivity index (χ4v) is 4.83. The number of H-pyrrole nitrogens is 1. The van der Waals surface area contributed by atoms with Gasteiger partial charge >= 0.3 is 0 Å². The number of benzene rings is 1. The standard InChI is InChI=1S/C20H20ClN3O2/c21-15-5-17(16-9-22-23-18(16)6-15)20(26)7-13-10-24(11-14(13)8-20)19(25)12-3-1-2-4-12/h5-9,12,26H,1-4,10-11H2,(H,22,23). The summed E-state index contributed by atoms with van der Waals surface area (Å²) >= 11 is 6.23. The van der Waals surface area contributed by atoms with E-state index >= 15 is 0 Å². The van der Waals surface area contributed by atoms with Crippen LogP contribution in [0.15, 0.2) is 41.6 Å². The van der Waals surface area contributed by atoms with Gasteiger partial charge in [-0.25, -0.2) is 0 Å². The Morgan fingerprint density at radius 1 is 1.23 bits per heavy atom. The van der Waals surface area contributed by atoms with Gasteiger partial charge < -0.3 is 10.0 Å². The molecule has 1 aromatic heterocycles. The number of amides is 1. The number of carbonyl (C=O) groups is 1. The lowest BCUT2D eigenvalue weighted by Crippen LogP contribution is -2.33. The Hall–Kier alpha value is -2.11. The Labute approximate surface area is 156 Å². The lowest BCUT2D eigenvalue weighted by Gasteiger charge is -2.23. The first-order valence-electron chi connectivity index (χ1n) is 9.11. The van der Waals surface area contributed by atoms with E-state index in [1.54, 1.807) is 18.3 Å². The van der Waals surface area contributed by atoms with E-state index in [1.807, 2.05) is 17.1 Å². The Morgan fingerprint density at radius 3 is 2.62 bits per heavy atom. The molecule has 2 fully saturated rings. The van der Waals surface area contributed by atoms with Crippen LogP contribution < -0.4 is 0 Å². The van der Waals surface area contributed by atoms with E-state index in [0.29, 0.717) is 18.1 Å². The normalized spacial score (nSPS) is 22.0. The van der Waals surface area contributed by atoms with Crippen LogP contribution >= 0.6 is 11.6 Å². The van der Waals surface area contributed by atoms with Gasteiger partial charge in [0.2, 0.25) is 5.91 Å². The molecular formula is C20H20ClN3O2. The zero-order valence-electron chi connectivity index (χ0n) is 14.3. The Kier molecular flexibility index (Phi) is 3.52. The molecule has 2 heterocycles. The lowest BCUT2D eigenvalue weighted by atomic mass is 9.92. The number of halogens is 1. The van der Waals surface area contributed by atoms with Gasteiger partial charge in [-0.2, -0.15) is 5.10 Å². The van der Waals surface area contributed by atoms with Crippen LogP contribution in [-0.2, 0) is 10.4 Å². The molecule has 0 atom stereocenters. The zero-order chi connectivity index (χ0) is 17.9. The molecule has 0 radical (unpaired) electrons. The summed E-state index contributed by atoms with van der Waals surface area (Å²) < 4.78 is 0. The largest absolute Gasteiger partial charge is 0.377 e. The van der Waals surface area contributed by atoms with E-state index in [0.717, 1.165) is 53.3 Å². The van der Waals surface area contributed by atoms with Crippen LogP contribution in [0, 0.1) is 5.92 Å². The fraction of sp³-hybridized carbons (Fsp3) is 0.400. The topological polar surface area (TPSA) is 69.2 Å². The molecule has 0 spiro atoms. The molecule has 1 saturated heterocycles. The minimum atomic E-state index is -1.21. The molecule has 134 valence electrons. The first kappa shape index (κ1) is 16.1. The van der Waals surface area contributed by atoms with Crippen molar-refractivity contribution in [1.82, 2.24) is 15.1 Å². The van der Waals surface area contributed by atoms with Crippen LogP contribution in [-0.4, -0.2) is 39.2 Å². The molecular weight excluding hydrogens is 350 g/mol. The molecule has 1 amide bonds. The summed E-state index contributed by atoms with van der Waals surface area (Å²) in [5, 5.41) is 19.7. The van der Waals surface area contributed by atoms with Crippen molar-refractivity contribution in [3.63, 3.8) is 0 Å². The second-order valence-corrected chi connectivity index (χ2v) is 8.06. The van der Waals surface area contributed by atoms with Crippen molar-refractivity contribution in [3.8, 4) is 0 Å². The molecule has 1 saturated carbocycles. The first-order valence-corrected chi connectivity index (χ1v) is 9.49. The molecule has 2 aliphatic carbocycles. The van der Waals surface area contributed by atoms with Gasteiger partial charge in [0.05, 0.1) is 11.7 Å². The highest BCUT2D eigenvalue weighted by atomic mass is 35.5. The average Bonchev–Trinajstić information content (AvgIpc) is 3.36. The molecule has 6 heteroatoms. The predicted octanol–water partition coefficient (Wildman–Crippen LogP) is 3.30. The quantitative estimate of drug-likeness (QED) is 0.853. The number of nitrogens with one attached hydrogen (secondary N) is 1. The molecule has 5 rings (SSSR count). The summed E-state index contributed by atoms with van der Waals surface area (Å²) in [7, 11) is 0.